The number of aryl methyl sites for hydroxylation is 1. The minimum Gasteiger partial charge on any atom is -0.496 e. The highest BCUT2D eigenvalue weighted by molar-refractivity contribution is 6.01. The van der Waals surface area contributed by atoms with Crippen molar-refractivity contribution in [3.8, 4) is 5.75 Å². The van der Waals surface area contributed by atoms with E-state index in [-0.39, 0.29) is 6.54 Å². The van der Waals surface area contributed by atoms with Gasteiger partial charge in [0.25, 0.3) is 0 Å². The molecular formula is C26H31F4NO. The molecule has 0 radical (unpaired) electrons. The van der Waals surface area contributed by atoms with Gasteiger partial charge in [0, 0.05) is 11.3 Å². The summed E-state index contributed by atoms with van der Waals surface area (Å²) in [4.78, 5) is 4.40. The van der Waals surface area contributed by atoms with Crippen molar-refractivity contribution in [2.75, 3.05) is 13.7 Å². The Morgan fingerprint density at radius 3 is 2.41 bits per heavy atom. The molecule has 0 heterocycles. The van der Waals surface area contributed by atoms with Gasteiger partial charge in [0.1, 0.15) is 11.6 Å². The summed E-state index contributed by atoms with van der Waals surface area (Å²) >= 11 is 0. The fourth-order valence-corrected chi connectivity index (χ4v) is 3.55. The molecule has 0 amide bonds. The SMILES string of the molecule is C=C(CN=C(C)c1cc(F)ccc1OC)c1ccc(CCCCCCC)c(C(F)(F)F)c1. The van der Waals surface area contributed by atoms with Gasteiger partial charge in [-0.2, -0.15) is 13.2 Å². The van der Waals surface area contributed by atoms with E-state index in [2.05, 4.69) is 18.5 Å². The van der Waals surface area contributed by atoms with E-state index in [9.17, 15) is 17.6 Å². The van der Waals surface area contributed by atoms with Crippen LogP contribution in [-0.4, -0.2) is 19.4 Å². The largest absolute Gasteiger partial charge is 0.496 e. The third-order valence-electron chi connectivity index (χ3n) is 5.43. The van der Waals surface area contributed by atoms with Crippen LogP contribution in [0.25, 0.3) is 5.57 Å². The maximum Gasteiger partial charge on any atom is 0.416 e. The average Bonchev–Trinajstić information content (AvgIpc) is 2.76. The van der Waals surface area contributed by atoms with Gasteiger partial charge in [0.15, 0.2) is 0 Å². The lowest BCUT2D eigenvalue weighted by Crippen LogP contribution is -2.10. The van der Waals surface area contributed by atoms with E-state index in [0.717, 1.165) is 38.2 Å². The van der Waals surface area contributed by atoms with Gasteiger partial charge in [-0.15, -0.1) is 0 Å². The number of hydrogen-bond acceptors (Lipinski definition) is 2. The summed E-state index contributed by atoms with van der Waals surface area (Å²) < 4.78 is 59.9. The third kappa shape index (κ3) is 7.21. The van der Waals surface area contributed by atoms with Crippen LogP contribution in [0.5, 0.6) is 5.75 Å². The number of hydrogen-bond donors (Lipinski definition) is 0. The first-order chi connectivity index (χ1) is 15.2. The van der Waals surface area contributed by atoms with Crippen molar-refractivity contribution in [1.29, 1.82) is 0 Å². The van der Waals surface area contributed by atoms with Crippen LogP contribution in [0, 0.1) is 5.82 Å². The molecule has 2 nitrogen and oxygen atoms in total. The number of rotatable bonds is 11. The van der Waals surface area contributed by atoms with Crippen molar-refractivity contribution in [3.05, 3.63) is 71.0 Å². The first-order valence-electron chi connectivity index (χ1n) is 10.9. The van der Waals surface area contributed by atoms with Crippen molar-refractivity contribution in [2.45, 2.75) is 58.5 Å². The summed E-state index contributed by atoms with van der Waals surface area (Å²) in [7, 11) is 1.48. The molecule has 2 rings (SSSR count). The molecule has 0 fully saturated rings. The molecule has 0 aliphatic heterocycles. The van der Waals surface area contributed by atoms with Crippen LogP contribution < -0.4 is 4.74 Å². The number of methoxy groups -OCH3 is 1. The van der Waals surface area contributed by atoms with Crippen molar-refractivity contribution in [3.63, 3.8) is 0 Å². The Bertz CT molecular complexity index is 947. The highest BCUT2D eigenvalue weighted by Gasteiger charge is 2.33. The Labute approximate surface area is 188 Å². The molecule has 32 heavy (non-hydrogen) atoms. The van der Waals surface area contributed by atoms with E-state index in [4.69, 9.17) is 4.74 Å². The molecule has 6 heteroatoms. The smallest absolute Gasteiger partial charge is 0.416 e. The summed E-state index contributed by atoms with van der Waals surface area (Å²) in [5.74, 6) is 0.0511. The van der Waals surface area contributed by atoms with Gasteiger partial charge in [0.05, 0.1) is 19.2 Å². The Hall–Kier alpha value is -2.63. The molecular weight excluding hydrogens is 418 g/mol. The minimum absolute atomic E-state index is 0.0964. The second-order valence-electron chi connectivity index (χ2n) is 7.88. The highest BCUT2D eigenvalue weighted by atomic mass is 19.4. The number of aliphatic imine (C=N–C) groups is 1. The molecule has 2 aromatic carbocycles. The molecule has 0 spiro atoms. The number of unbranched alkanes of at least 4 members (excludes halogenated alkanes) is 4. The predicted octanol–water partition coefficient (Wildman–Crippen LogP) is 7.89. The highest BCUT2D eigenvalue weighted by Crippen LogP contribution is 2.34. The van der Waals surface area contributed by atoms with Crippen LogP contribution in [0.3, 0.4) is 0 Å². The maximum atomic E-state index is 13.7. The summed E-state index contributed by atoms with van der Waals surface area (Å²) in [6.45, 7) is 7.82. The van der Waals surface area contributed by atoms with Crippen LogP contribution in [0.1, 0.15) is 68.2 Å². The van der Waals surface area contributed by atoms with Gasteiger partial charge in [0.2, 0.25) is 0 Å². The van der Waals surface area contributed by atoms with E-state index < -0.39 is 17.6 Å². The van der Waals surface area contributed by atoms with E-state index in [1.54, 1.807) is 19.1 Å². The summed E-state index contributed by atoms with van der Waals surface area (Å²) in [5.41, 5.74) is 1.57. The van der Waals surface area contributed by atoms with E-state index in [1.165, 1.54) is 25.3 Å². The standard InChI is InChI=1S/C26H31F4NO/c1-5-6-7-8-9-10-20-11-12-21(15-24(20)26(28,29)30)18(2)17-31-19(3)23-16-22(27)13-14-25(23)32-4/h11-16H,2,5-10,17H2,1,3-4H3. The molecule has 0 unspecified atom stereocenters. The van der Waals surface area contributed by atoms with Gasteiger partial charge in [-0.05, 0) is 60.7 Å². The van der Waals surface area contributed by atoms with Gasteiger partial charge < -0.3 is 4.74 Å². The molecule has 0 bridgehead atoms. The normalized spacial score (nSPS) is 12.2. The number of benzene rings is 2. The van der Waals surface area contributed by atoms with Gasteiger partial charge in [-0.3, -0.25) is 4.99 Å². The van der Waals surface area contributed by atoms with Gasteiger partial charge in [-0.25, -0.2) is 4.39 Å². The second-order valence-corrected chi connectivity index (χ2v) is 7.88. The zero-order valence-electron chi connectivity index (χ0n) is 19.0. The van der Waals surface area contributed by atoms with E-state index >= 15 is 0 Å². The molecule has 0 saturated heterocycles. The quantitative estimate of drug-likeness (QED) is 0.194. The van der Waals surface area contributed by atoms with Crippen LogP contribution >= 0.6 is 0 Å². The van der Waals surface area contributed by atoms with Crippen LogP contribution in [0.15, 0.2) is 48.0 Å². The van der Waals surface area contributed by atoms with Gasteiger partial charge >= 0.3 is 6.18 Å². The summed E-state index contributed by atoms with van der Waals surface area (Å²) in [5, 5.41) is 0. The molecule has 0 aliphatic carbocycles. The monoisotopic (exact) mass is 449 g/mol. The van der Waals surface area contributed by atoms with Crippen LogP contribution in [0.4, 0.5) is 17.6 Å². The Balaban J connectivity index is 2.17. The lowest BCUT2D eigenvalue weighted by atomic mass is 9.95. The topological polar surface area (TPSA) is 21.6 Å². The Kier molecular flexibility index (Phi) is 9.48. The summed E-state index contributed by atoms with van der Waals surface area (Å²) in [6, 6.07) is 8.50. The lowest BCUT2D eigenvalue weighted by Gasteiger charge is -2.15. The van der Waals surface area contributed by atoms with E-state index in [0.29, 0.717) is 40.1 Å². The summed E-state index contributed by atoms with van der Waals surface area (Å²) in [6.07, 6.45) is 0.885. The van der Waals surface area contributed by atoms with Crippen molar-refractivity contribution in [1.82, 2.24) is 0 Å². The molecule has 0 N–H and O–H groups in total. The van der Waals surface area contributed by atoms with Crippen LogP contribution in [0.2, 0.25) is 0 Å². The minimum atomic E-state index is -4.43. The van der Waals surface area contributed by atoms with Crippen molar-refractivity contribution >= 4 is 11.3 Å². The van der Waals surface area contributed by atoms with Crippen molar-refractivity contribution in [2.24, 2.45) is 4.99 Å². The average molecular weight is 450 g/mol. The third-order valence-corrected chi connectivity index (χ3v) is 5.43. The predicted molar refractivity (Wildman–Crippen MR) is 123 cm³/mol. The fraction of sp³-hybridized carbons (Fsp3) is 0.423. The lowest BCUT2D eigenvalue weighted by molar-refractivity contribution is -0.138. The Morgan fingerprint density at radius 1 is 1.03 bits per heavy atom. The fourth-order valence-electron chi connectivity index (χ4n) is 3.55. The molecule has 0 saturated carbocycles. The number of nitrogens with zero attached hydrogens (tertiary/aromatic N) is 1. The molecule has 0 aromatic heterocycles. The number of ether oxygens (including phenoxy) is 1. The molecule has 0 atom stereocenters. The number of halogens is 4. The number of alkyl halides is 3. The Morgan fingerprint density at radius 2 is 1.75 bits per heavy atom. The molecule has 174 valence electrons. The first kappa shape index (κ1) is 25.6. The zero-order chi connectivity index (χ0) is 23.7. The van der Waals surface area contributed by atoms with Crippen LogP contribution in [-0.2, 0) is 12.6 Å². The van der Waals surface area contributed by atoms with Crippen molar-refractivity contribution < 1.29 is 22.3 Å². The zero-order valence-corrected chi connectivity index (χ0v) is 19.0. The van der Waals surface area contributed by atoms with Gasteiger partial charge in [-0.1, -0.05) is 51.3 Å². The molecule has 0 aliphatic rings. The second kappa shape index (κ2) is 11.8. The molecule has 2 aromatic rings. The maximum absolute atomic E-state index is 13.7. The van der Waals surface area contributed by atoms with E-state index in [1.807, 2.05) is 0 Å². The first-order valence-corrected chi connectivity index (χ1v) is 10.9.